The van der Waals surface area contributed by atoms with Crippen LogP contribution in [0.25, 0.3) is 10.9 Å². The summed E-state index contributed by atoms with van der Waals surface area (Å²) in [6.07, 6.45) is 3.10. The van der Waals surface area contributed by atoms with E-state index >= 15 is 0 Å². The zero-order valence-corrected chi connectivity index (χ0v) is 13.2. The topological polar surface area (TPSA) is 37.5 Å². The smallest absolute Gasteiger partial charge is 0.231 e. The first-order chi connectivity index (χ1) is 11.3. The van der Waals surface area contributed by atoms with Gasteiger partial charge in [0.1, 0.15) is 0 Å². The molecule has 0 amide bonds. The number of ether oxygens (including phenoxy) is 2. The maximum atomic E-state index is 5.49. The van der Waals surface area contributed by atoms with Gasteiger partial charge in [-0.3, -0.25) is 0 Å². The van der Waals surface area contributed by atoms with E-state index in [0.29, 0.717) is 6.79 Å². The highest BCUT2D eigenvalue weighted by molar-refractivity contribution is 5.87. The number of nitrogens with zero attached hydrogens (tertiary/aromatic N) is 1. The van der Waals surface area contributed by atoms with Crippen molar-refractivity contribution in [2.24, 2.45) is 0 Å². The fourth-order valence-corrected chi connectivity index (χ4v) is 3.06. The van der Waals surface area contributed by atoms with Crippen LogP contribution in [0.2, 0.25) is 0 Å². The van der Waals surface area contributed by atoms with Gasteiger partial charge < -0.3 is 19.4 Å². The van der Waals surface area contributed by atoms with Crippen molar-refractivity contribution in [3.63, 3.8) is 0 Å². The van der Waals surface area contributed by atoms with E-state index in [-0.39, 0.29) is 0 Å². The van der Waals surface area contributed by atoms with Gasteiger partial charge in [-0.05, 0) is 30.7 Å². The zero-order chi connectivity index (χ0) is 15.6. The van der Waals surface area contributed by atoms with Crippen LogP contribution >= 0.6 is 0 Å². The third-order valence-electron chi connectivity index (χ3n) is 4.32. The van der Waals surface area contributed by atoms with Crippen LogP contribution in [0.4, 0.5) is 0 Å². The van der Waals surface area contributed by atoms with E-state index < -0.39 is 0 Å². The van der Waals surface area contributed by atoms with Crippen molar-refractivity contribution in [1.29, 1.82) is 0 Å². The summed E-state index contributed by atoms with van der Waals surface area (Å²) < 4.78 is 10.9. The van der Waals surface area contributed by atoms with Crippen molar-refractivity contribution >= 4 is 10.9 Å². The number of aromatic nitrogens is 1. The second-order valence-corrected chi connectivity index (χ2v) is 6.04. The van der Waals surface area contributed by atoms with Crippen LogP contribution in [0.15, 0.2) is 48.7 Å². The summed E-state index contributed by atoms with van der Waals surface area (Å²) in [5.41, 5.74) is 3.77. The Labute approximate surface area is 135 Å². The van der Waals surface area contributed by atoms with Gasteiger partial charge >= 0.3 is 0 Å². The monoisotopic (exact) mass is 308 g/mol. The molecule has 2 aromatic carbocycles. The molecule has 4 heteroatoms. The predicted octanol–water partition coefficient (Wildman–Crippen LogP) is 3.57. The second-order valence-electron chi connectivity index (χ2n) is 6.04. The zero-order valence-electron chi connectivity index (χ0n) is 13.2. The fourth-order valence-electron chi connectivity index (χ4n) is 3.06. The second kappa shape index (κ2) is 5.97. The molecule has 23 heavy (non-hydrogen) atoms. The number of H-pyrrole nitrogens is 1. The third kappa shape index (κ3) is 2.90. The SMILES string of the molecule is CN(CCc1c[nH]c2cc3c(cc12)OCO3)Cc1ccccc1. The van der Waals surface area contributed by atoms with Gasteiger partial charge in [0.25, 0.3) is 0 Å². The number of rotatable bonds is 5. The molecule has 0 atom stereocenters. The van der Waals surface area contributed by atoms with Crippen LogP contribution in [0, 0.1) is 0 Å². The summed E-state index contributed by atoms with van der Waals surface area (Å²) >= 11 is 0. The Morgan fingerprint density at radius 3 is 2.70 bits per heavy atom. The van der Waals surface area contributed by atoms with E-state index in [1.807, 2.05) is 6.07 Å². The molecule has 2 heterocycles. The van der Waals surface area contributed by atoms with Crippen LogP contribution in [-0.2, 0) is 13.0 Å². The quantitative estimate of drug-likeness (QED) is 0.783. The van der Waals surface area contributed by atoms with Gasteiger partial charge in [0.15, 0.2) is 11.5 Å². The van der Waals surface area contributed by atoms with Crippen molar-refractivity contribution in [3.8, 4) is 11.5 Å². The lowest BCUT2D eigenvalue weighted by atomic mass is 10.1. The molecule has 0 bridgehead atoms. The molecule has 0 aliphatic carbocycles. The highest BCUT2D eigenvalue weighted by Gasteiger charge is 2.16. The molecule has 1 aliphatic heterocycles. The Morgan fingerprint density at radius 1 is 1.09 bits per heavy atom. The van der Waals surface area contributed by atoms with Crippen LogP contribution in [0.5, 0.6) is 11.5 Å². The molecule has 4 nitrogen and oxygen atoms in total. The van der Waals surface area contributed by atoms with E-state index in [9.17, 15) is 0 Å². The first-order valence-corrected chi connectivity index (χ1v) is 7.92. The third-order valence-corrected chi connectivity index (χ3v) is 4.32. The van der Waals surface area contributed by atoms with Crippen LogP contribution in [0.1, 0.15) is 11.1 Å². The molecule has 1 N–H and O–H groups in total. The van der Waals surface area contributed by atoms with Crippen molar-refractivity contribution < 1.29 is 9.47 Å². The average Bonchev–Trinajstić information content (AvgIpc) is 3.17. The minimum absolute atomic E-state index is 0.317. The molecule has 0 unspecified atom stereocenters. The maximum absolute atomic E-state index is 5.49. The maximum Gasteiger partial charge on any atom is 0.231 e. The number of aromatic amines is 1. The van der Waals surface area contributed by atoms with Crippen molar-refractivity contribution in [3.05, 3.63) is 59.8 Å². The van der Waals surface area contributed by atoms with Crippen LogP contribution in [-0.4, -0.2) is 30.3 Å². The van der Waals surface area contributed by atoms with Crippen molar-refractivity contribution in [1.82, 2.24) is 9.88 Å². The van der Waals surface area contributed by atoms with Crippen molar-refractivity contribution in [2.75, 3.05) is 20.4 Å². The normalized spacial score (nSPS) is 13.1. The summed E-state index contributed by atoms with van der Waals surface area (Å²) in [5, 5.41) is 1.22. The Morgan fingerprint density at radius 2 is 1.87 bits per heavy atom. The standard InChI is InChI=1S/C19H20N2O2/c1-21(12-14-5-3-2-4-6-14)8-7-15-11-20-17-10-19-18(9-16(15)17)22-13-23-19/h2-6,9-11,20H,7-8,12-13H2,1H3. The molecule has 3 aromatic rings. The minimum Gasteiger partial charge on any atom is -0.454 e. The predicted molar refractivity (Wildman–Crippen MR) is 90.9 cm³/mol. The van der Waals surface area contributed by atoms with Gasteiger partial charge in [0.2, 0.25) is 6.79 Å². The van der Waals surface area contributed by atoms with E-state index in [0.717, 1.165) is 36.5 Å². The lowest BCUT2D eigenvalue weighted by Crippen LogP contribution is -2.20. The summed E-state index contributed by atoms with van der Waals surface area (Å²) in [6.45, 7) is 2.29. The summed E-state index contributed by atoms with van der Waals surface area (Å²) in [7, 11) is 2.16. The minimum atomic E-state index is 0.317. The van der Waals surface area contributed by atoms with Gasteiger partial charge in [-0.15, -0.1) is 0 Å². The van der Waals surface area contributed by atoms with Gasteiger partial charge in [0, 0.05) is 36.3 Å². The van der Waals surface area contributed by atoms with Gasteiger partial charge in [-0.2, -0.15) is 0 Å². The Bertz CT molecular complexity index is 811. The fraction of sp³-hybridized carbons (Fsp3) is 0.263. The van der Waals surface area contributed by atoms with E-state index in [4.69, 9.17) is 9.47 Å². The number of hydrogen-bond acceptors (Lipinski definition) is 3. The molecule has 0 saturated heterocycles. The van der Waals surface area contributed by atoms with Crippen LogP contribution < -0.4 is 9.47 Å². The largest absolute Gasteiger partial charge is 0.454 e. The molecule has 0 saturated carbocycles. The van der Waals surface area contributed by atoms with Crippen molar-refractivity contribution in [2.45, 2.75) is 13.0 Å². The number of fused-ring (bicyclic) bond motifs is 2. The molecule has 118 valence electrons. The number of benzene rings is 2. The van der Waals surface area contributed by atoms with E-state index in [2.05, 4.69) is 59.5 Å². The highest BCUT2D eigenvalue weighted by atomic mass is 16.7. The highest BCUT2D eigenvalue weighted by Crippen LogP contribution is 2.36. The molecule has 4 rings (SSSR count). The lowest BCUT2D eigenvalue weighted by Gasteiger charge is -2.16. The molecular formula is C19H20N2O2. The van der Waals surface area contributed by atoms with Gasteiger partial charge in [-0.1, -0.05) is 30.3 Å². The van der Waals surface area contributed by atoms with Gasteiger partial charge in [0.05, 0.1) is 0 Å². The molecule has 0 spiro atoms. The molecule has 0 radical (unpaired) electrons. The van der Waals surface area contributed by atoms with Crippen LogP contribution in [0.3, 0.4) is 0 Å². The Balaban J connectivity index is 1.46. The number of likely N-dealkylation sites (N-methyl/N-ethyl adjacent to an activating group) is 1. The number of hydrogen-bond donors (Lipinski definition) is 1. The average molecular weight is 308 g/mol. The molecule has 1 aromatic heterocycles. The molecule has 0 fully saturated rings. The molecule has 1 aliphatic rings. The van der Waals surface area contributed by atoms with E-state index in [1.165, 1.54) is 16.5 Å². The summed E-state index contributed by atoms with van der Waals surface area (Å²) in [6, 6.07) is 14.7. The summed E-state index contributed by atoms with van der Waals surface area (Å²) in [5.74, 6) is 1.67. The van der Waals surface area contributed by atoms with Gasteiger partial charge in [-0.25, -0.2) is 0 Å². The molecular weight excluding hydrogens is 288 g/mol. The Hall–Kier alpha value is -2.46. The summed E-state index contributed by atoms with van der Waals surface area (Å²) in [4.78, 5) is 5.69. The lowest BCUT2D eigenvalue weighted by molar-refractivity contribution is 0.174. The van der Waals surface area contributed by atoms with E-state index in [1.54, 1.807) is 0 Å². The Kier molecular flexibility index (Phi) is 3.67. The first-order valence-electron chi connectivity index (χ1n) is 7.92. The number of nitrogens with one attached hydrogen (secondary N) is 1. The first kappa shape index (κ1) is 14.2.